The molecular formula is C11H15O. The third-order valence-corrected chi connectivity index (χ3v) is 1.69. The van der Waals surface area contributed by atoms with Crippen molar-refractivity contribution in [2.75, 3.05) is 6.61 Å². The monoisotopic (exact) mass is 163 g/mol. The van der Waals surface area contributed by atoms with Crippen molar-refractivity contribution in [2.24, 2.45) is 0 Å². The molecule has 0 spiro atoms. The van der Waals surface area contributed by atoms with Crippen molar-refractivity contribution in [1.29, 1.82) is 0 Å². The SMILES string of the molecule is CCCCCOc1[c]cccc1. The number of hydrogen-bond acceptors (Lipinski definition) is 1. The van der Waals surface area contributed by atoms with Gasteiger partial charge in [0.25, 0.3) is 0 Å². The summed E-state index contributed by atoms with van der Waals surface area (Å²) in [5, 5.41) is 0. The van der Waals surface area contributed by atoms with Crippen LogP contribution in [0.15, 0.2) is 24.3 Å². The lowest BCUT2D eigenvalue weighted by Crippen LogP contribution is -1.96. The molecule has 0 bridgehead atoms. The predicted octanol–water partition coefficient (Wildman–Crippen LogP) is 3.06. The number of unbranched alkanes of at least 4 members (excludes halogenated alkanes) is 2. The largest absolute Gasteiger partial charge is 0.493 e. The molecule has 0 amide bonds. The van der Waals surface area contributed by atoms with E-state index in [9.17, 15) is 0 Å². The molecule has 0 unspecified atom stereocenters. The maximum Gasteiger partial charge on any atom is 0.127 e. The van der Waals surface area contributed by atoms with Crippen LogP contribution in [0.4, 0.5) is 0 Å². The van der Waals surface area contributed by atoms with Crippen molar-refractivity contribution in [3.8, 4) is 5.75 Å². The molecular weight excluding hydrogens is 148 g/mol. The van der Waals surface area contributed by atoms with Gasteiger partial charge in [-0.1, -0.05) is 38.0 Å². The van der Waals surface area contributed by atoms with Gasteiger partial charge >= 0.3 is 0 Å². The van der Waals surface area contributed by atoms with Gasteiger partial charge < -0.3 is 4.74 Å². The minimum absolute atomic E-state index is 0.814. The molecule has 1 nitrogen and oxygen atoms in total. The van der Waals surface area contributed by atoms with Crippen LogP contribution in [0.2, 0.25) is 0 Å². The Balaban J connectivity index is 2.16. The van der Waals surface area contributed by atoms with Crippen molar-refractivity contribution in [2.45, 2.75) is 26.2 Å². The van der Waals surface area contributed by atoms with E-state index < -0.39 is 0 Å². The average molecular weight is 163 g/mol. The molecule has 0 saturated heterocycles. The van der Waals surface area contributed by atoms with E-state index in [2.05, 4.69) is 13.0 Å². The minimum atomic E-state index is 0.814. The Hall–Kier alpha value is -0.980. The van der Waals surface area contributed by atoms with Gasteiger partial charge in [0.1, 0.15) is 5.75 Å². The van der Waals surface area contributed by atoms with E-state index in [-0.39, 0.29) is 0 Å². The molecule has 1 aromatic carbocycles. The lowest BCUT2D eigenvalue weighted by Gasteiger charge is -2.03. The molecule has 0 heterocycles. The summed E-state index contributed by atoms with van der Waals surface area (Å²) in [5.41, 5.74) is 0. The van der Waals surface area contributed by atoms with Gasteiger partial charge in [0.05, 0.1) is 6.61 Å². The second-order valence-corrected chi connectivity index (χ2v) is 2.78. The molecule has 1 rings (SSSR count). The second kappa shape index (κ2) is 5.64. The van der Waals surface area contributed by atoms with Crippen LogP contribution in [-0.4, -0.2) is 6.61 Å². The van der Waals surface area contributed by atoms with Gasteiger partial charge in [-0.2, -0.15) is 0 Å². The highest BCUT2D eigenvalue weighted by Crippen LogP contribution is 2.07. The topological polar surface area (TPSA) is 9.23 Å². The van der Waals surface area contributed by atoms with Gasteiger partial charge in [-0.05, 0) is 12.5 Å². The highest BCUT2D eigenvalue weighted by molar-refractivity contribution is 5.19. The van der Waals surface area contributed by atoms with Crippen LogP contribution in [-0.2, 0) is 0 Å². The van der Waals surface area contributed by atoms with E-state index in [0.29, 0.717) is 0 Å². The second-order valence-electron chi connectivity index (χ2n) is 2.78. The summed E-state index contributed by atoms with van der Waals surface area (Å²) in [6.45, 7) is 3.00. The van der Waals surface area contributed by atoms with Gasteiger partial charge in [0.2, 0.25) is 0 Å². The molecule has 0 atom stereocenters. The van der Waals surface area contributed by atoms with Gasteiger partial charge in [-0.3, -0.25) is 0 Å². The van der Waals surface area contributed by atoms with E-state index in [1.807, 2.05) is 24.3 Å². The standard InChI is InChI=1S/C11H15O/c1-2-3-7-10-12-11-8-5-4-6-9-11/h4-6,8H,2-3,7,10H2,1H3. The van der Waals surface area contributed by atoms with Crippen molar-refractivity contribution < 1.29 is 4.74 Å². The molecule has 0 aliphatic rings. The number of hydrogen-bond donors (Lipinski definition) is 0. The molecule has 0 N–H and O–H groups in total. The Kier molecular flexibility index (Phi) is 4.28. The van der Waals surface area contributed by atoms with Gasteiger partial charge in [0, 0.05) is 6.07 Å². The summed E-state index contributed by atoms with van der Waals surface area (Å²) in [4.78, 5) is 0. The maximum atomic E-state index is 5.45. The predicted molar refractivity (Wildman–Crippen MR) is 50.3 cm³/mol. The Morgan fingerprint density at radius 1 is 1.33 bits per heavy atom. The Morgan fingerprint density at radius 3 is 2.92 bits per heavy atom. The fourth-order valence-corrected chi connectivity index (χ4v) is 1.00. The summed E-state index contributed by atoms with van der Waals surface area (Å²) in [6, 6.07) is 10.7. The number of benzene rings is 1. The molecule has 65 valence electrons. The zero-order valence-electron chi connectivity index (χ0n) is 7.55. The first-order chi connectivity index (χ1) is 5.93. The molecule has 0 fully saturated rings. The zero-order chi connectivity index (χ0) is 8.65. The highest BCUT2D eigenvalue weighted by atomic mass is 16.5. The van der Waals surface area contributed by atoms with Crippen LogP contribution in [0.3, 0.4) is 0 Å². The number of para-hydroxylation sites is 1. The Labute approximate surface area is 74.4 Å². The fraction of sp³-hybridized carbons (Fsp3) is 0.455. The van der Waals surface area contributed by atoms with Crippen molar-refractivity contribution in [3.05, 3.63) is 30.3 Å². The maximum absolute atomic E-state index is 5.45. The van der Waals surface area contributed by atoms with Crippen LogP contribution in [0.25, 0.3) is 0 Å². The van der Waals surface area contributed by atoms with E-state index >= 15 is 0 Å². The van der Waals surface area contributed by atoms with Gasteiger partial charge in [0.15, 0.2) is 0 Å². The summed E-state index contributed by atoms with van der Waals surface area (Å²) in [6.07, 6.45) is 3.62. The van der Waals surface area contributed by atoms with E-state index in [0.717, 1.165) is 18.8 Å². The van der Waals surface area contributed by atoms with Crippen LogP contribution in [0, 0.1) is 6.07 Å². The van der Waals surface area contributed by atoms with Crippen LogP contribution < -0.4 is 4.74 Å². The first kappa shape index (κ1) is 9.11. The third-order valence-electron chi connectivity index (χ3n) is 1.69. The lowest BCUT2D eigenvalue weighted by molar-refractivity contribution is 0.305. The van der Waals surface area contributed by atoms with Gasteiger partial charge in [-0.15, -0.1) is 0 Å². The van der Waals surface area contributed by atoms with Crippen molar-refractivity contribution >= 4 is 0 Å². The number of ether oxygens (including phenoxy) is 1. The lowest BCUT2D eigenvalue weighted by atomic mass is 10.3. The zero-order valence-corrected chi connectivity index (χ0v) is 7.55. The third kappa shape index (κ3) is 3.42. The van der Waals surface area contributed by atoms with E-state index in [1.54, 1.807) is 0 Å². The van der Waals surface area contributed by atoms with Gasteiger partial charge in [-0.25, -0.2) is 0 Å². The average Bonchev–Trinajstić information content (AvgIpc) is 2.14. The quantitative estimate of drug-likeness (QED) is 0.606. The van der Waals surface area contributed by atoms with E-state index in [1.165, 1.54) is 12.8 Å². The summed E-state index contributed by atoms with van der Waals surface area (Å²) < 4.78 is 5.45. The molecule has 12 heavy (non-hydrogen) atoms. The normalized spacial score (nSPS) is 9.75. The van der Waals surface area contributed by atoms with Crippen LogP contribution in [0.1, 0.15) is 26.2 Å². The van der Waals surface area contributed by atoms with Crippen molar-refractivity contribution in [1.82, 2.24) is 0 Å². The smallest absolute Gasteiger partial charge is 0.127 e. The molecule has 1 aromatic rings. The molecule has 0 aromatic heterocycles. The first-order valence-electron chi connectivity index (χ1n) is 4.53. The van der Waals surface area contributed by atoms with Crippen LogP contribution in [0.5, 0.6) is 5.75 Å². The molecule has 0 aliphatic heterocycles. The molecule has 1 heteroatoms. The van der Waals surface area contributed by atoms with E-state index in [4.69, 9.17) is 4.74 Å². The first-order valence-corrected chi connectivity index (χ1v) is 4.53. The molecule has 0 saturated carbocycles. The summed E-state index contributed by atoms with van der Waals surface area (Å²) >= 11 is 0. The highest BCUT2D eigenvalue weighted by Gasteiger charge is 1.90. The summed E-state index contributed by atoms with van der Waals surface area (Å²) in [7, 11) is 0. The minimum Gasteiger partial charge on any atom is -0.493 e. The molecule has 0 aliphatic carbocycles. The van der Waals surface area contributed by atoms with Crippen LogP contribution >= 0.6 is 0 Å². The number of rotatable bonds is 5. The summed E-state index contributed by atoms with van der Waals surface area (Å²) in [5.74, 6) is 0.855. The molecule has 1 radical (unpaired) electrons. The van der Waals surface area contributed by atoms with Crippen molar-refractivity contribution in [3.63, 3.8) is 0 Å². The fourth-order valence-electron chi connectivity index (χ4n) is 1.00. The Bertz CT molecular complexity index is 193. The Morgan fingerprint density at radius 2 is 2.25 bits per heavy atom.